The van der Waals surface area contributed by atoms with Crippen LogP contribution >= 0.6 is 0 Å². The maximum absolute atomic E-state index is 13.1. The van der Waals surface area contributed by atoms with Gasteiger partial charge in [0.1, 0.15) is 11.6 Å². The number of halogens is 2. The summed E-state index contributed by atoms with van der Waals surface area (Å²) in [5.41, 5.74) is 2.84. The smallest absolute Gasteiger partial charge is 0.252 e. The first-order valence-electron chi connectivity index (χ1n) is 9.68. The van der Waals surface area contributed by atoms with Crippen molar-refractivity contribution in [3.63, 3.8) is 0 Å². The number of nitrogens with zero attached hydrogens (tertiary/aromatic N) is 3. The van der Waals surface area contributed by atoms with E-state index in [0.717, 1.165) is 30.3 Å². The van der Waals surface area contributed by atoms with Gasteiger partial charge >= 0.3 is 0 Å². The Bertz CT molecular complexity index is 955. The highest BCUT2D eigenvalue weighted by molar-refractivity contribution is 5.84. The van der Waals surface area contributed by atoms with Crippen LogP contribution in [0, 0.1) is 23.2 Å². The standard InChI is InChI=1S/C21H22F2N4O/c1-12-6-14(8-16(7-12)27-18(28)9-15-10-21(15,22)23)17-3-2-13(11-24)19-20(17)26-5-4-25-19/h2-5,12,14-16H,6-10H2,1H3,(H,27,28)/t12-,14+,15?,16-/m1/s1. The predicted octanol–water partition coefficient (Wildman–Crippen LogP) is 3.94. The highest BCUT2D eigenvalue weighted by atomic mass is 19.3. The molecule has 7 heteroatoms. The molecule has 4 rings (SSSR count). The lowest BCUT2D eigenvalue weighted by molar-refractivity contribution is -0.123. The molecule has 28 heavy (non-hydrogen) atoms. The summed E-state index contributed by atoms with van der Waals surface area (Å²) in [5.74, 6) is -3.21. The molecule has 0 spiro atoms. The summed E-state index contributed by atoms with van der Waals surface area (Å²) >= 11 is 0. The number of nitrogens with one attached hydrogen (secondary N) is 1. The van der Waals surface area contributed by atoms with Gasteiger partial charge in [-0.1, -0.05) is 13.0 Å². The van der Waals surface area contributed by atoms with E-state index < -0.39 is 11.8 Å². The molecule has 1 aromatic heterocycles. The van der Waals surface area contributed by atoms with E-state index in [0.29, 0.717) is 17.0 Å². The van der Waals surface area contributed by atoms with Crippen molar-refractivity contribution >= 4 is 16.9 Å². The normalized spacial score (nSPS) is 28.5. The van der Waals surface area contributed by atoms with Gasteiger partial charge in [-0.15, -0.1) is 0 Å². The van der Waals surface area contributed by atoms with E-state index in [1.54, 1.807) is 18.5 Å². The van der Waals surface area contributed by atoms with Crippen LogP contribution in [0.2, 0.25) is 0 Å². The lowest BCUT2D eigenvalue weighted by Gasteiger charge is -2.34. The Morgan fingerprint density at radius 3 is 2.64 bits per heavy atom. The van der Waals surface area contributed by atoms with E-state index in [4.69, 9.17) is 0 Å². The molecule has 2 aliphatic rings. The van der Waals surface area contributed by atoms with Gasteiger partial charge in [-0.2, -0.15) is 5.26 Å². The Morgan fingerprint density at radius 2 is 1.96 bits per heavy atom. The van der Waals surface area contributed by atoms with Crippen molar-refractivity contribution < 1.29 is 13.6 Å². The molecule has 146 valence electrons. The number of aromatic nitrogens is 2. The zero-order valence-corrected chi connectivity index (χ0v) is 15.7. The fraction of sp³-hybridized carbons (Fsp3) is 0.524. The summed E-state index contributed by atoms with van der Waals surface area (Å²) in [7, 11) is 0. The Hall–Kier alpha value is -2.62. The second kappa shape index (κ2) is 7.08. The molecule has 5 nitrogen and oxygen atoms in total. The van der Waals surface area contributed by atoms with Crippen molar-refractivity contribution in [1.82, 2.24) is 15.3 Å². The zero-order valence-electron chi connectivity index (χ0n) is 15.7. The summed E-state index contributed by atoms with van der Waals surface area (Å²) < 4.78 is 26.2. The van der Waals surface area contributed by atoms with Crippen LogP contribution in [0.3, 0.4) is 0 Å². The number of benzene rings is 1. The van der Waals surface area contributed by atoms with Crippen molar-refractivity contribution in [2.24, 2.45) is 11.8 Å². The molecule has 2 saturated carbocycles. The Labute approximate surface area is 162 Å². The molecule has 1 aromatic carbocycles. The maximum Gasteiger partial charge on any atom is 0.252 e. The van der Waals surface area contributed by atoms with Gasteiger partial charge in [-0.25, -0.2) is 8.78 Å². The second-order valence-electron chi connectivity index (χ2n) is 8.21. The molecule has 2 fully saturated rings. The number of fused-ring (bicyclic) bond motifs is 1. The Morgan fingerprint density at radius 1 is 1.25 bits per heavy atom. The zero-order chi connectivity index (χ0) is 19.9. The quantitative estimate of drug-likeness (QED) is 0.866. The summed E-state index contributed by atoms with van der Waals surface area (Å²) in [6, 6.07) is 5.81. The van der Waals surface area contributed by atoms with Gasteiger partial charge in [0.25, 0.3) is 5.92 Å². The molecule has 1 N–H and O–H groups in total. The van der Waals surface area contributed by atoms with Gasteiger partial charge in [0.05, 0.1) is 11.1 Å². The van der Waals surface area contributed by atoms with Crippen LogP contribution in [-0.2, 0) is 4.79 Å². The molecular weight excluding hydrogens is 362 g/mol. The average Bonchev–Trinajstić information content (AvgIpc) is 3.25. The number of amides is 1. The Balaban J connectivity index is 1.52. The van der Waals surface area contributed by atoms with Crippen molar-refractivity contribution in [1.29, 1.82) is 5.26 Å². The van der Waals surface area contributed by atoms with Crippen LogP contribution in [-0.4, -0.2) is 27.8 Å². The van der Waals surface area contributed by atoms with Crippen LogP contribution in [0.1, 0.15) is 56.1 Å². The van der Waals surface area contributed by atoms with Gasteiger partial charge in [0, 0.05) is 37.2 Å². The highest BCUT2D eigenvalue weighted by Gasteiger charge is 2.57. The number of carbonyl (C=O) groups excluding carboxylic acids is 1. The molecule has 0 saturated heterocycles. The third-order valence-electron chi connectivity index (χ3n) is 5.91. The largest absolute Gasteiger partial charge is 0.353 e. The molecule has 1 heterocycles. The van der Waals surface area contributed by atoms with Gasteiger partial charge in [-0.05, 0) is 42.7 Å². The van der Waals surface area contributed by atoms with Crippen molar-refractivity contribution in [2.75, 3.05) is 0 Å². The minimum atomic E-state index is -2.67. The fourth-order valence-corrected chi connectivity index (χ4v) is 4.47. The van der Waals surface area contributed by atoms with Crippen molar-refractivity contribution in [3.05, 3.63) is 35.7 Å². The third-order valence-corrected chi connectivity index (χ3v) is 5.91. The van der Waals surface area contributed by atoms with Crippen molar-refractivity contribution in [3.8, 4) is 6.07 Å². The van der Waals surface area contributed by atoms with Crippen LogP contribution in [0.5, 0.6) is 0 Å². The monoisotopic (exact) mass is 384 g/mol. The number of carbonyl (C=O) groups is 1. The lowest BCUT2D eigenvalue weighted by atomic mass is 9.75. The van der Waals surface area contributed by atoms with Crippen LogP contribution in [0.25, 0.3) is 11.0 Å². The molecule has 0 aliphatic heterocycles. The molecule has 4 atom stereocenters. The van der Waals surface area contributed by atoms with Gasteiger partial charge in [0.15, 0.2) is 0 Å². The average molecular weight is 384 g/mol. The predicted molar refractivity (Wildman–Crippen MR) is 99.6 cm³/mol. The number of nitriles is 1. The molecular formula is C21H22F2N4O. The van der Waals surface area contributed by atoms with Crippen molar-refractivity contribution in [2.45, 2.75) is 56.9 Å². The van der Waals surface area contributed by atoms with Crippen LogP contribution in [0.4, 0.5) is 8.78 Å². The number of rotatable bonds is 4. The first kappa shape index (κ1) is 18.7. The van der Waals surface area contributed by atoms with E-state index in [1.165, 1.54) is 0 Å². The maximum atomic E-state index is 13.1. The van der Waals surface area contributed by atoms with Gasteiger partial charge < -0.3 is 5.32 Å². The first-order chi connectivity index (χ1) is 13.4. The van der Waals surface area contributed by atoms with Gasteiger partial charge in [-0.3, -0.25) is 14.8 Å². The van der Waals surface area contributed by atoms with Gasteiger partial charge in [0.2, 0.25) is 5.91 Å². The second-order valence-corrected chi connectivity index (χ2v) is 8.21. The molecule has 1 unspecified atom stereocenters. The van der Waals surface area contributed by atoms with E-state index in [9.17, 15) is 18.8 Å². The molecule has 0 radical (unpaired) electrons. The summed E-state index contributed by atoms with van der Waals surface area (Å²) in [6.07, 6.45) is 5.43. The lowest BCUT2D eigenvalue weighted by Crippen LogP contribution is -2.40. The van der Waals surface area contributed by atoms with Crippen LogP contribution < -0.4 is 5.32 Å². The summed E-state index contributed by atoms with van der Waals surface area (Å²) in [6.45, 7) is 2.14. The number of hydrogen-bond acceptors (Lipinski definition) is 4. The SMILES string of the molecule is C[C@H]1C[C@@H](NC(=O)CC2CC2(F)F)C[C@@H](c2ccc(C#N)c3nccnc23)C1. The molecule has 0 bridgehead atoms. The highest BCUT2D eigenvalue weighted by Crippen LogP contribution is 2.50. The minimum Gasteiger partial charge on any atom is -0.353 e. The summed E-state index contributed by atoms with van der Waals surface area (Å²) in [5, 5.41) is 12.3. The third kappa shape index (κ3) is 3.68. The van der Waals surface area contributed by atoms with E-state index in [1.807, 2.05) is 6.07 Å². The first-order valence-corrected chi connectivity index (χ1v) is 9.68. The van der Waals surface area contributed by atoms with Crippen LogP contribution in [0.15, 0.2) is 24.5 Å². The van der Waals surface area contributed by atoms with E-state index >= 15 is 0 Å². The Kier molecular flexibility index (Phi) is 4.74. The summed E-state index contributed by atoms with van der Waals surface area (Å²) in [4.78, 5) is 21.0. The number of hydrogen-bond donors (Lipinski definition) is 1. The number of alkyl halides is 2. The minimum absolute atomic E-state index is 0.0454. The fourth-order valence-electron chi connectivity index (χ4n) is 4.47. The molecule has 2 aromatic rings. The molecule has 1 amide bonds. The topological polar surface area (TPSA) is 78.7 Å². The molecule has 2 aliphatic carbocycles. The van der Waals surface area contributed by atoms with E-state index in [2.05, 4.69) is 28.3 Å². The van der Waals surface area contributed by atoms with E-state index in [-0.39, 0.29) is 30.7 Å².